The van der Waals surface area contributed by atoms with E-state index >= 15 is 0 Å². The monoisotopic (exact) mass is 283 g/mol. The second-order valence-electron chi connectivity index (χ2n) is 4.03. The molecule has 6 heteroatoms. The number of hydrogen-bond donors (Lipinski definition) is 1. The smallest absolute Gasteiger partial charge is 0.418 e. The lowest BCUT2D eigenvalue weighted by Gasteiger charge is -2.12. The molecule has 0 bridgehead atoms. The minimum Gasteiger partial charge on any atom is -0.497 e. The first-order valence-corrected chi connectivity index (χ1v) is 5.69. The SMILES string of the molecule is COc1cccc(Oc2ccc(N)c(C(F)(F)F)c2)c1. The Morgan fingerprint density at radius 2 is 1.60 bits per heavy atom. The summed E-state index contributed by atoms with van der Waals surface area (Å²) in [5.74, 6) is 0.982. The van der Waals surface area contributed by atoms with E-state index in [-0.39, 0.29) is 11.4 Å². The molecule has 0 saturated carbocycles. The molecule has 0 spiro atoms. The Kier molecular flexibility index (Phi) is 3.74. The van der Waals surface area contributed by atoms with Crippen LogP contribution in [0.25, 0.3) is 0 Å². The van der Waals surface area contributed by atoms with Crippen molar-refractivity contribution in [3.05, 3.63) is 48.0 Å². The molecule has 0 aliphatic heterocycles. The lowest BCUT2D eigenvalue weighted by Crippen LogP contribution is -2.08. The van der Waals surface area contributed by atoms with Gasteiger partial charge in [-0.3, -0.25) is 0 Å². The van der Waals surface area contributed by atoms with Crippen molar-refractivity contribution in [2.75, 3.05) is 12.8 Å². The molecular weight excluding hydrogens is 271 g/mol. The summed E-state index contributed by atoms with van der Waals surface area (Å²) in [5.41, 5.74) is 4.06. The maximum atomic E-state index is 12.7. The van der Waals surface area contributed by atoms with Crippen LogP contribution < -0.4 is 15.2 Å². The topological polar surface area (TPSA) is 44.5 Å². The molecule has 0 heterocycles. The molecular formula is C14H12F3NO2. The van der Waals surface area contributed by atoms with Crippen LogP contribution in [0.2, 0.25) is 0 Å². The highest BCUT2D eigenvalue weighted by Crippen LogP contribution is 2.37. The van der Waals surface area contributed by atoms with Crippen LogP contribution in [0.1, 0.15) is 5.56 Å². The van der Waals surface area contributed by atoms with Crippen LogP contribution in [0.15, 0.2) is 42.5 Å². The molecule has 0 atom stereocenters. The first-order chi connectivity index (χ1) is 9.40. The fourth-order valence-electron chi connectivity index (χ4n) is 1.65. The van der Waals surface area contributed by atoms with Crippen molar-refractivity contribution >= 4 is 5.69 Å². The van der Waals surface area contributed by atoms with E-state index in [0.29, 0.717) is 11.5 Å². The van der Waals surface area contributed by atoms with Crippen LogP contribution in [-0.2, 0) is 6.18 Å². The van der Waals surface area contributed by atoms with Crippen LogP contribution in [0.4, 0.5) is 18.9 Å². The van der Waals surface area contributed by atoms with Crippen LogP contribution in [0.3, 0.4) is 0 Å². The molecule has 2 N–H and O–H groups in total. The minimum atomic E-state index is -4.52. The van der Waals surface area contributed by atoms with E-state index in [2.05, 4.69) is 0 Å². The molecule has 106 valence electrons. The molecule has 0 saturated heterocycles. The molecule has 0 aliphatic carbocycles. The predicted molar refractivity (Wildman–Crippen MR) is 68.9 cm³/mol. The number of ether oxygens (including phenoxy) is 2. The Balaban J connectivity index is 2.30. The van der Waals surface area contributed by atoms with E-state index in [0.717, 1.165) is 6.07 Å². The highest BCUT2D eigenvalue weighted by atomic mass is 19.4. The predicted octanol–water partition coefficient (Wildman–Crippen LogP) is 4.09. The maximum Gasteiger partial charge on any atom is 0.418 e. The Morgan fingerprint density at radius 1 is 0.950 bits per heavy atom. The zero-order valence-electron chi connectivity index (χ0n) is 10.6. The van der Waals surface area contributed by atoms with Crippen LogP contribution in [0, 0.1) is 0 Å². The summed E-state index contributed by atoms with van der Waals surface area (Å²) in [6.45, 7) is 0. The summed E-state index contributed by atoms with van der Waals surface area (Å²) >= 11 is 0. The van der Waals surface area contributed by atoms with Gasteiger partial charge in [-0.05, 0) is 30.3 Å². The number of hydrogen-bond acceptors (Lipinski definition) is 3. The van der Waals surface area contributed by atoms with Gasteiger partial charge in [0.05, 0.1) is 12.7 Å². The van der Waals surface area contributed by atoms with Gasteiger partial charge in [0.15, 0.2) is 0 Å². The third-order valence-corrected chi connectivity index (χ3v) is 2.61. The summed E-state index contributed by atoms with van der Waals surface area (Å²) in [7, 11) is 1.49. The molecule has 2 rings (SSSR count). The van der Waals surface area contributed by atoms with Crippen LogP contribution in [-0.4, -0.2) is 7.11 Å². The number of alkyl halides is 3. The Hall–Kier alpha value is -2.37. The van der Waals surface area contributed by atoms with Gasteiger partial charge in [-0.15, -0.1) is 0 Å². The number of methoxy groups -OCH3 is 1. The fraction of sp³-hybridized carbons (Fsp3) is 0.143. The van der Waals surface area contributed by atoms with E-state index in [1.165, 1.54) is 19.2 Å². The summed E-state index contributed by atoms with van der Waals surface area (Å²) in [4.78, 5) is 0. The number of nitrogens with two attached hydrogens (primary N) is 1. The first-order valence-electron chi connectivity index (χ1n) is 5.69. The second-order valence-corrected chi connectivity index (χ2v) is 4.03. The third-order valence-electron chi connectivity index (χ3n) is 2.61. The second kappa shape index (κ2) is 5.32. The average Bonchev–Trinajstić information content (AvgIpc) is 2.40. The molecule has 2 aromatic carbocycles. The van der Waals surface area contributed by atoms with E-state index < -0.39 is 11.7 Å². The number of anilines is 1. The quantitative estimate of drug-likeness (QED) is 0.863. The summed E-state index contributed by atoms with van der Waals surface area (Å²) < 4.78 is 48.6. The van der Waals surface area contributed by atoms with Gasteiger partial charge in [0.2, 0.25) is 0 Å². The van der Waals surface area contributed by atoms with E-state index in [1.807, 2.05) is 0 Å². The van der Waals surface area contributed by atoms with Gasteiger partial charge in [0.25, 0.3) is 0 Å². The summed E-state index contributed by atoms with van der Waals surface area (Å²) in [5, 5.41) is 0. The molecule has 0 amide bonds. The lowest BCUT2D eigenvalue weighted by atomic mass is 10.1. The van der Waals surface area contributed by atoms with Gasteiger partial charge >= 0.3 is 6.18 Å². The molecule has 0 aliphatic rings. The zero-order chi connectivity index (χ0) is 14.8. The van der Waals surface area contributed by atoms with E-state index in [1.54, 1.807) is 24.3 Å². The Bertz CT molecular complexity index is 612. The molecule has 3 nitrogen and oxygen atoms in total. The number of nitrogen functional groups attached to an aromatic ring is 1. The lowest BCUT2D eigenvalue weighted by molar-refractivity contribution is -0.137. The molecule has 0 fully saturated rings. The minimum absolute atomic E-state index is 0.0554. The molecule has 0 aromatic heterocycles. The van der Waals surface area contributed by atoms with Crippen molar-refractivity contribution in [3.8, 4) is 17.2 Å². The molecule has 20 heavy (non-hydrogen) atoms. The normalized spacial score (nSPS) is 11.2. The van der Waals surface area contributed by atoms with Gasteiger partial charge in [-0.25, -0.2) is 0 Å². The Labute approximate surface area is 113 Å². The highest BCUT2D eigenvalue weighted by Gasteiger charge is 2.33. The number of halogens is 3. The molecule has 2 aromatic rings. The number of benzene rings is 2. The third kappa shape index (κ3) is 3.14. The first kappa shape index (κ1) is 14.0. The van der Waals surface area contributed by atoms with Crippen molar-refractivity contribution in [1.29, 1.82) is 0 Å². The summed E-state index contributed by atoms with van der Waals surface area (Å²) in [6, 6.07) is 9.99. The van der Waals surface area contributed by atoms with Gasteiger partial charge in [0, 0.05) is 11.8 Å². The maximum absolute atomic E-state index is 12.7. The van der Waals surface area contributed by atoms with Crippen molar-refractivity contribution in [1.82, 2.24) is 0 Å². The van der Waals surface area contributed by atoms with Crippen molar-refractivity contribution in [2.24, 2.45) is 0 Å². The van der Waals surface area contributed by atoms with Gasteiger partial charge in [-0.2, -0.15) is 13.2 Å². The molecule has 0 radical (unpaired) electrons. The Morgan fingerprint density at radius 3 is 2.25 bits per heavy atom. The van der Waals surface area contributed by atoms with Crippen molar-refractivity contribution < 1.29 is 22.6 Å². The van der Waals surface area contributed by atoms with Gasteiger partial charge < -0.3 is 15.2 Å². The van der Waals surface area contributed by atoms with E-state index in [4.69, 9.17) is 15.2 Å². The number of rotatable bonds is 3. The van der Waals surface area contributed by atoms with Crippen molar-refractivity contribution in [3.63, 3.8) is 0 Å². The van der Waals surface area contributed by atoms with Crippen LogP contribution in [0.5, 0.6) is 17.2 Å². The largest absolute Gasteiger partial charge is 0.497 e. The fourth-order valence-corrected chi connectivity index (χ4v) is 1.65. The van der Waals surface area contributed by atoms with Gasteiger partial charge in [0.1, 0.15) is 17.2 Å². The standard InChI is InChI=1S/C14H12F3NO2/c1-19-9-3-2-4-10(7-9)20-11-5-6-13(18)12(8-11)14(15,16)17/h2-8H,18H2,1H3. The van der Waals surface area contributed by atoms with E-state index in [9.17, 15) is 13.2 Å². The van der Waals surface area contributed by atoms with Gasteiger partial charge in [-0.1, -0.05) is 6.07 Å². The average molecular weight is 283 g/mol. The highest BCUT2D eigenvalue weighted by molar-refractivity contribution is 5.52. The summed E-state index contributed by atoms with van der Waals surface area (Å²) in [6.07, 6.45) is -4.52. The van der Waals surface area contributed by atoms with Crippen LogP contribution >= 0.6 is 0 Å². The molecule has 0 unspecified atom stereocenters. The zero-order valence-corrected chi connectivity index (χ0v) is 10.6. The van der Waals surface area contributed by atoms with Crippen molar-refractivity contribution in [2.45, 2.75) is 6.18 Å².